The Morgan fingerprint density at radius 1 is 1.26 bits per heavy atom. The van der Waals surface area contributed by atoms with E-state index in [0.717, 1.165) is 12.8 Å². The van der Waals surface area contributed by atoms with Crippen molar-refractivity contribution in [2.24, 2.45) is 0 Å². The Balaban J connectivity index is 2.35. The lowest BCUT2D eigenvalue weighted by Crippen LogP contribution is -2.43. The van der Waals surface area contributed by atoms with Gasteiger partial charge in [0.1, 0.15) is 0 Å². The van der Waals surface area contributed by atoms with Crippen molar-refractivity contribution < 1.29 is 14.3 Å². The molecule has 6 heteroatoms. The van der Waals surface area contributed by atoms with Crippen molar-refractivity contribution in [2.45, 2.75) is 45.7 Å². The molecular formula is C17H23ClN2O3. The number of urea groups is 1. The van der Waals surface area contributed by atoms with Gasteiger partial charge in [0.25, 0.3) is 0 Å². The topological polar surface area (TPSA) is 49.9 Å². The molecule has 1 saturated heterocycles. The number of rotatable bonds is 6. The van der Waals surface area contributed by atoms with E-state index >= 15 is 0 Å². The molecule has 1 aliphatic heterocycles. The summed E-state index contributed by atoms with van der Waals surface area (Å²) in [5.74, 6) is -0.373. The van der Waals surface area contributed by atoms with E-state index in [1.54, 1.807) is 36.1 Å². The quantitative estimate of drug-likeness (QED) is 0.743. The predicted octanol–water partition coefficient (Wildman–Crippen LogP) is 3.70. The SMILES string of the molecule is CCCCN1C(=O)N(c2ccc(Cl)cc2)[C@H](C(=O)OCC)[C@@H]1C. The maximum absolute atomic E-state index is 12.8. The number of carbonyl (C=O) groups is 2. The number of esters is 1. The third-order valence-electron chi connectivity index (χ3n) is 4.06. The first-order chi connectivity index (χ1) is 11.0. The highest BCUT2D eigenvalue weighted by Crippen LogP contribution is 2.31. The van der Waals surface area contributed by atoms with Gasteiger partial charge in [-0.1, -0.05) is 24.9 Å². The zero-order valence-corrected chi connectivity index (χ0v) is 14.5. The molecule has 2 amide bonds. The molecular weight excluding hydrogens is 316 g/mol. The molecule has 126 valence electrons. The Morgan fingerprint density at radius 2 is 1.91 bits per heavy atom. The second-order valence-electron chi connectivity index (χ2n) is 5.61. The summed E-state index contributed by atoms with van der Waals surface area (Å²) in [6, 6.07) is 5.90. The van der Waals surface area contributed by atoms with Crippen molar-refractivity contribution in [1.29, 1.82) is 0 Å². The minimum Gasteiger partial charge on any atom is -0.464 e. The van der Waals surface area contributed by atoms with Crippen LogP contribution in [0, 0.1) is 0 Å². The molecule has 2 rings (SSSR count). The Hall–Kier alpha value is -1.75. The highest BCUT2D eigenvalue weighted by atomic mass is 35.5. The molecule has 1 aromatic rings. The lowest BCUT2D eigenvalue weighted by molar-refractivity contribution is -0.145. The molecule has 1 aliphatic rings. The Labute approximate surface area is 142 Å². The van der Waals surface area contributed by atoms with E-state index in [-0.39, 0.29) is 18.0 Å². The number of unbranched alkanes of at least 4 members (excludes halogenated alkanes) is 1. The summed E-state index contributed by atoms with van der Waals surface area (Å²) in [7, 11) is 0. The maximum atomic E-state index is 12.8. The fourth-order valence-corrected chi connectivity index (χ4v) is 2.97. The smallest absolute Gasteiger partial charge is 0.331 e. The van der Waals surface area contributed by atoms with Gasteiger partial charge in [-0.05, 0) is 44.5 Å². The van der Waals surface area contributed by atoms with Gasteiger partial charge in [0.05, 0.1) is 12.6 Å². The monoisotopic (exact) mass is 338 g/mol. The average Bonchev–Trinajstić information content (AvgIpc) is 2.77. The van der Waals surface area contributed by atoms with Crippen molar-refractivity contribution >= 4 is 29.3 Å². The number of amides is 2. The van der Waals surface area contributed by atoms with Gasteiger partial charge in [-0.2, -0.15) is 0 Å². The third kappa shape index (κ3) is 3.61. The van der Waals surface area contributed by atoms with Gasteiger partial charge < -0.3 is 9.64 Å². The first-order valence-electron chi connectivity index (χ1n) is 8.03. The van der Waals surface area contributed by atoms with E-state index in [2.05, 4.69) is 6.92 Å². The lowest BCUT2D eigenvalue weighted by atomic mass is 10.1. The highest BCUT2D eigenvalue weighted by molar-refractivity contribution is 6.30. The first-order valence-corrected chi connectivity index (χ1v) is 8.41. The Bertz CT molecular complexity index is 561. The molecule has 23 heavy (non-hydrogen) atoms. The van der Waals surface area contributed by atoms with Crippen LogP contribution in [-0.2, 0) is 9.53 Å². The third-order valence-corrected chi connectivity index (χ3v) is 4.32. The molecule has 2 atom stereocenters. The van der Waals surface area contributed by atoms with Gasteiger partial charge in [-0.15, -0.1) is 0 Å². The fourth-order valence-electron chi connectivity index (χ4n) is 2.85. The summed E-state index contributed by atoms with van der Waals surface area (Å²) < 4.78 is 5.19. The standard InChI is InChI=1S/C17H23ClN2O3/c1-4-6-11-19-12(3)15(16(21)23-5-2)20(17(19)22)14-9-7-13(18)8-10-14/h7-10,12,15H,4-6,11H2,1-3H3/t12-,15-/m0/s1. The molecule has 0 N–H and O–H groups in total. The van der Waals surface area contributed by atoms with Gasteiger partial charge >= 0.3 is 12.0 Å². The summed E-state index contributed by atoms with van der Waals surface area (Å²) >= 11 is 5.92. The highest BCUT2D eigenvalue weighted by Gasteiger charge is 2.48. The van der Waals surface area contributed by atoms with Crippen LogP contribution in [0.25, 0.3) is 0 Å². The van der Waals surface area contributed by atoms with E-state index in [0.29, 0.717) is 23.9 Å². The molecule has 0 radical (unpaired) electrons. The Kier molecular flexibility index (Phi) is 5.88. The van der Waals surface area contributed by atoms with E-state index in [9.17, 15) is 9.59 Å². The van der Waals surface area contributed by atoms with Crippen molar-refractivity contribution in [2.75, 3.05) is 18.1 Å². The predicted molar refractivity (Wildman–Crippen MR) is 90.8 cm³/mol. The molecule has 0 spiro atoms. The van der Waals surface area contributed by atoms with E-state index in [1.165, 1.54) is 4.90 Å². The van der Waals surface area contributed by atoms with Crippen molar-refractivity contribution in [3.8, 4) is 0 Å². The number of ether oxygens (including phenoxy) is 1. The second-order valence-corrected chi connectivity index (χ2v) is 6.05. The summed E-state index contributed by atoms with van der Waals surface area (Å²) in [6.45, 7) is 6.66. The molecule has 1 aromatic carbocycles. The molecule has 5 nitrogen and oxygen atoms in total. The number of halogens is 1. The van der Waals surface area contributed by atoms with Crippen LogP contribution >= 0.6 is 11.6 Å². The number of hydrogen-bond acceptors (Lipinski definition) is 3. The molecule has 1 fully saturated rings. The van der Waals surface area contributed by atoms with Gasteiger partial charge in [0.2, 0.25) is 0 Å². The van der Waals surface area contributed by atoms with Gasteiger partial charge in [0.15, 0.2) is 6.04 Å². The first kappa shape index (κ1) is 17.6. The summed E-state index contributed by atoms with van der Waals surface area (Å²) in [4.78, 5) is 28.5. The average molecular weight is 339 g/mol. The number of anilines is 1. The minimum absolute atomic E-state index is 0.161. The zero-order chi connectivity index (χ0) is 17.0. The van der Waals surface area contributed by atoms with Crippen molar-refractivity contribution in [1.82, 2.24) is 4.90 Å². The molecule has 0 bridgehead atoms. The van der Waals surface area contributed by atoms with Crippen LogP contribution in [0.1, 0.15) is 33.6 Å². The lowest BCUT2D eigenvalue weighted by Gasteiger charge is -2.23. The van der Waals surface area contributed by atoms with Crippen LogP contribution in [-0.4, -0.2) is 42.1 Å². The van der Waals surface area contributed by atoms with Crippen LogP contribution in [0.4, 0.5) is 10.5 Å². The van der Waals surface area contributed by atoms with E-state index in [1.807, 2.05) is 6.92 Å². The summed E-state index contributed by atoms with van der Waals surface area (Å²) in [6.07, 6.45) is 1.89. The number of nitrogens with zero attached hydrogens (tertiary/aromatic N) is 2. The van der Waals surface area contributed by atoms with Crippen LogP contribution in [0.2, 0.25) is 5.02 Å². The van der Waals surface area contributed by atoms with E-state index < -0.39 is 6.04 Å². The normalized spacial score (nSPS) is 21.0. The fraction of sp³-hybridized carbons (Fsp3) is 0.529. The molecule has 0 saturated carbocycles. The number of hydrogen-bond donors (Lipinski definition) is 0. The molecule has 0 aromatic heterocycles. The van der Waals surface area contributed by atoms with Gasteiger partial charge in [-0.3, -0.25) is 4.90 Å². The van der Waals surface area contributed by atoms with Crippen molar-refractivity contribution in [3.05, 3.63) is 29.3 Å². The van der Waals surface area contributed by atoms with Crippen LogP contribution in [0.3, 0.4) is 0 Å². The van der Waals surface area contributed by atoms with Crippen molar-refractivity contribution in [3.63, 3.8) is 0 Å². The van der Waals surface area contributed by atoms with Gasteiger partial charge in [0, 0.05) is 17.3 Å². The van der Waals surface area contributed by atoms with Crippen LogP contribution in [0.15, 0.2) is 24.3 Å². The number of carbonyl (C=O) groups excluding carboxylic acids is 2. The van der Waals surface area contributed by atoms with Crippen LogP contribution in [0.5, 0.6) is 0 Å². The maximum Gasteiger partial charge on any atom is 0.331 e. The summed E-state index contributed by atoms with van der Waals surface area (Å²) in [5, 5.41) is 0.587. The minimum atomic E-state index is -0.638. The second kappa shape index (κ2) is 7.68. The van der Waals surface area contributed by atoms with E-state index in [4.69, 9.17) is 16.3 Å². The molecule has 1 heterocycles. The van der Waals surface area contributed by atoms with Crippen LogP contribution < -0.4 is 4.90 Å². The molecule has 0 aliphatic carbocycles. The number of benzene rings is 1. The Morgan fingerprint density at radius 3 is 2.48 bits per heavy atom. The zero-order valence-electron chi connectivity index (χ0n) is 13.8. The molecule has 0 unspecified atom stereocenters. The van der Waals surface area contributed by atoms with Gasteiger partial charge in [-0.25, -0.2) is 9.59 Å². The largest absolute Gasteiger partial charge is 0.464 e. The summed E-state index contributed by atoms with van der Waals surface area (Å²) in [5.41, 5.74) is 0.656.